The van der Waals surface area contributed by atoms with E-state index >= 15 is 0 Å². The summed E-state index contributed by atoms with van der Waals surface area (Å²) in [5, 5.41) is 16.4. The van der Waals surface area contributed by atoms with Gasteiger partial charge in [0, 0.05) is 0 Å². The Morgan fingerprint density at radius 1 is 1.23 bits per heavy atom. The van der Waals surface area contributed by atoms with Crippen molar-refractivity contribution >= 4 is 11.9 Å². The van der Waals surface area contributed by atoms with E-state index in [0.29, 0.717) is 24.5 Å². The number of carbonyl (C=O) groups excluding carboxylic acids is 1. The normalized spacial score (nSPS) is 19.6. The van der Waals surface area contributed by atoms with E-state index in [4.69, 9.17) is 0 Å². The van der Waals surface area contributed by atoms with E-state index in [1.165, 1.54) is 4.68 Å². The van der Waals surface area contributed by atoms with Gasteiger partial charge in [0.25, 0.3) is 0 Å². The average molecular weight is 308 g/mol. The van der Waals surface area contributed by atoms with Crippen LogP contribution >= 0.6 is 0 Å². The Morgan fingerprint density at radius 2 is 1.82 bits per heavy atom. The molecule has 1 aromatic rings. The molecule has 0 saturated heterocycles. The number of nitrogens with zero attached hydrogens (tertiary/aromatic N) is 3. The molecule has 7 nitrogen and oxygen atoms in total. The lowest BCUT2D eigenvalue weighted by Gasteiger charge is -2.41. The predicted molar refractivity (Wildman–Crippen MR) is 80.3 cm³/mol. The second-order valence-corrected chi connectivity index (χ2v) is 6.96. The van der Waals surface area contributed by atoms with Gasteiger partial charge >= 0.3 is 5.97 Å². The van der Waals surface area contributed by atoms with Crippen LogP contribution in [0.1, 0.15) is 51.2 Å². The molecule has 0 unspecified atom stereocenters. The molecule has 1 fully saturated rings. The number of carbonyl (C=O) groups is 2. The van der Waals surface area contributed by atoms with Crippen LogP contribution in [0, 0.1) is 19.3 Å². The Labute approximate surface area is 130 Å². The number of nitrogens with one attached hydrogen (secondary N) is 1. The maximum absolute atomic E-state index is 12.3. The molecule has 1 saturated carbocycles. The van der Waals surface area contributed by atoms with Gasteiger partial charge in [0.1, 0.15) is 23.7 Å². The zero-order chi connectivity index (χ0) is 16.5. The van der Waals surface area contributed by atoms with Crippen molar-refractivity contribution in [2.75, 3.05) is 0 Å². The summed E-state index contributed by atoms with van der Waals surface area (Å²) < 4.78 is 1.49. The van der Waals surface area contributed by atoms with Crippen LogP contribution in [0.2, 0.25) is 0 Å². The first-order chi connectivity index (χ1) is 10.1. The maximum Gasteiger partial charge on any atom is 0.329 e. The molecule has 2 rings (SSSR count). The minimum atomic E-state index is -1.16. The maximum atomic E-state index is 12.3. The molecule has 1 aliphatic rings. The summed E-state index contributed by atoms with van der Waals surface area (Å²) in [6.07, 6.45) is 2.47. The Balaban J connectivity index is 2.07. The second kappa shape index (κ2) is 5.70. The fourth-order valence-corrected chi connectivity index (χ4v) is 2.90. The first-order valence-electron chi connectivity index (χ1n) is 7.56. The molecule has 22 heavy (non-hydrogen) atoms. The number of aliphatic carboxylic acids is 1. The molecule has 0 aliphatic heterocycles. The van der Waals surface area contributed by atoms with E-state index in [0.717, 1.165) is 12.8 Å². The quantitative estimate of drug-likeness (QED) is 0.877. The molecule has 1 aromatic heterocycles. The Morgan fingerprint density at radius 3 is 2.27 bits per heavy atom. The van der Waals surface area contributed by atoms with Gasteiger partial charge in [0.15, 0.2) is 0 Å². The summed E-state index contributed by atoms with van der Waals surface area (Å²) in [4.78, 5) is 28.1. The lowest BCUT2D eigenvalue weighted by atomic mass is 9.69. The highest BCUT2D eigenvalue weighted by Gasteiger charge is 2.45. The molecule has 0 radical (unpaired) electrons. The number of hydrogen-bond acceptors (Lipinski definition) is 4. The van der Waals surface area contributed by atoms with Crippen LogP contribution in [0.25, 0.3) is 0 Å². The Hall–Kier alpha value is -1.92. The molecule has 1 aliphatic carbocycles. The number of aryl methyl sites for hydroxylation is 2. The lowest BCUT2D eigenvalue weighted by molar-refractivity contribution is -0.150. The van der Waals surface area contributed by atoms with Crippen LogP contribution in [0.3, 0.4) is 0 Å². The van der Waals surface area contributed by atoms with Gasteiger partial charge in [0.2, 0.25) is 5.91 Å². The summed E-state index contributed by atoms with van der Waals surface area (Å²) >= 11 is 0. The zero-order valence-corrected chi connectivity index (χ0v) is 13.6. The van der Waals surface area contributed by atoms with Gasteiger partial charge in [-0.15, -0.1) is 0 Å². The van der Waals surface area contributed by atoms with Gasteiger partial charge in [-0.2, -0.15) is 5.10 Å². The van der Waals surface area contributed by atoms with Crippen molar-refractivity contribution in [2.24, 2.45) is 5.41 Å². The minimum absolute atomic E-state index is 0.00883. The monoisotopic (exact) mass is 308 g/mol. The summed E-state index contributed by atoms with van der Waals surface area (Å²) in [6, 6.07) is 0. The Kier molecular flexibility index (Phi) is 4.26. The standard InChI is InChI=1S/C15H24N4O3/c1-10-16-11(2)19(18-10)9-12(20)17-15(13(21)22)7-5-14(3,4)6-8-15/h5-9H2,1-4H3,(H,17,20)(H,21,22). The highest BCUT2D eigenvalue weighted by molar-refractivity contribution is 5.87. The number of carboxylic acid groups (broad SMARTS) is 1. The number of hydrogen-bond donors (Lipinski definition) is 2. The fraction of sp³-hybridized carbons (Fsp3) is 0.733. The predicted octanol–water partition coefficient (Wildman–Crippen LogP) is 1.43. The van der Waals surface area contributed by atoms with Gasteiger partial charge in [0.05, 0.1) is 0 Å². The molecule has 0 bridgehead atoms. The van der Waals surface area contributed by atoms with Crippen LogP contribution in [0.4, 0.5) is 0 Å². The second-order valence-electron chi connectivity index (χ2n) is 6.96. The van der Waals surface area contributed by atoms with E-state index in [1.54, 1.807) is 13.8 Å². The van der Waals surface area contributed by atoms with Crippen molar-refractivity contribution in [2.45, 2.75) is 65.5 Å². The number of amides is 1. The van der Waals surface area contributed by atoms with Crippen LogP contribution in [0.5, 0.6) is 0 Å². The largest absolute Gasteiger partial charge is 0.480 e. The Bertz CT molecular complexity index is 582. The first kappa shape index (κ1) is 16.5. The summed E-state index contributed by atoms with van der Waals surface area (Å²) in [6.45, 7) is 7.77. The molecule has 1 amide bonds. The van der Waals surface area contributed by atoms with E-state index in [-0.39, 0.29) is 17.9 Å². The minimum Gasteiger partial charge on any atom is -0.480 e. The molecule has 0 atom stereocenters. The average Bonchev–Trinajstić information content (AvgIpc) is 2.70. The third kappa shape index (κ3) is 3.45. The van der Waals surface area contributed by atoms with Gasteiger partial charge in [-0.3, -0.25) is 4.79 Å². The molecular formula is C15H24N4O3. The molecule has 1 heterocycles. The van der Waals surface area contributed by atoms with E-state index < -0.39 is 11.5 Å². The van der Waals surface area contributed by atoms with Crippen molar-refractivity contribution in [1.29, 1.82) is 0 Å². The highest BCUT2D eigenvalue weighted by Crippen LogP contribution is 2.40. The van der Waals surface area contributed by atoms with Gasteiger partial charge in [-0.1, -0.05) is 13.8 Å². The molecule has 0 spiro atoms. The van der Waals surface area contributed by atoms with Crippen molar-refractivity contribution in [3.8, 4) is 0 Å². The zero-order valence-electron chi connectivity index (χ0n) is 13.6. The number of aromatic nitrogens is 3. The SMILES string of the molecule is Cc1nc(C)n(CC(=O)NC2(C(=O)O)CCC(C)(C)CC2)n1. The van der Waals surface area contributed by atoms with Crippen LogP contribution in [-0.2, 0) is 16.1 Å². The van der Waals surface area contributed by atoms with E-state index in [1.807, 2.05) is 0 Å². The van der Waals surface area contributed by atoms with Crippen LogP contribution in [-0.4, -0.2) is 37.3 Å². The van der Waals surface area contributed by atoms with Gasteiger partial charge < -0.3 is 10.4 Å². The smallest absolute Gasteiger partial charge is 0.329 e. The number of rotatable bonds is 4. The molecule has 122 valence electrons. The third-order valence-electron chi connectivity index (χ3n) is 4.50. The summed E-state index contributed by atoms with van der Waals surface area (Å²) in [7, 11) is 0. The van der Waals surface area contributed by atoms with Gasteiger partial charge in [-0.05, 0) is 44.9 Å². The van der Waals surface area contributed by atoms with Crippen LogP contribution < -0.4 is 5.32 Å². The fourth-order valence-electron chi connectivity index (χ4n) is 2.90. The molecule has 7 heteroatoms. The van der Waals surface area contributed by atoms with Crippen molar-refractivity contribution < 1.29 is 14.7 Å². The van der Waals surface area contributed by atoms with E-state index in [2.05, 4.69) is 29.2 Å². The first-order valence-corrected chi connectivity index (χ1v) is 7.56. The van der Waals surface area contributed by atoms with Crippen molar-refractivity contribution in [3.63, 3.8) is 0 Å². The third-order valence-corrected chi connectivity index (χ3v) is 4.50. The highest BCUT2D eigenvalue weighted by atomic mass is 16.4. The van der Waals surface area contributed by atoms with E-state index in [9.17, 15) is 14.7 Å². The van der Waals surface area contributed by atoms with Crippen LogP contribution in [0.15, 0.2) is 0 Å². The summed E-state index contributed by atoms with van der Waals surface area (Å²) in [5.41, 5.74) is -1.03. The molecular weight excluding hydrogens is 284 g/mol. The lowest BCUT2D eigenvalue weighted by Crippen LogP contribution is -2.57. The molecule has 0 aromatic carbocycles. The topological polar surface area (TPSA) is 97.1 Å². The van der Waals surface area contributed by atoms with Crippen molar-refractivity contribution in [3.05, 3.63) is 11.6 Å². The van der Waals surface area contributed by atoms with Crippen molar-refractivity contribution in [1.82, 2.24) is 20.1 Å². The number of carboxylic acids is 1. The van der Waals surface area contributed by atoms with Gasteiger partial charge in [-0.25, -0.2) is 14.5 Å². The summed E-state index contributed by atoms with van der Waals surface area (Å²) in [5.74, 6) is -0.0579. The molecule has 2 N–H and O–H groups in total.